The zero-order valence-electron chi connectivity index (χ0n) is 13.6. The predicted octanol–water partition coefficient (Wildman–Crippen LogP) is -1.67. The van der Waals surface area contributed by atoms with E-state index in [-0.39, 0.29) is 53.2 Å². The molecule has 0 amide bonds. The third kappa shape index (κ3) is 5.37. The van der Waals surface area contributed by atoms with Gasteiger partial charge in [0.1, 0.15) is 5.75 Å². The zero-order chi connectivity index (χ0) is 13.6. The molecular formula is C16H25Cl2OPPd. The smallest absolute Gasteiger partial charge is 1.00 e. The number of ether oxygens (including phenoxy) is 1. The van der Waals surface area contributed by atoms with Gasteiger partial charge >= 0.3 is 20.4 Å². The Balaban J connectivity index is 0. The second-order valence-electron chi connectivity index (χ2n) is 7.04. The Bertz CT molecular complexity index is 439. The summed E-state index contributed by atoms with van der Waals surface area (Å²) in [7, 11) is -0.266. The van der Waals surface area contributed by atoms with Crippen molar-refractivity contribution in [3.8, 4) is 5.75 Å². The van der Waals surface area contributed by atoms with Gasteiger partial charge in [0.25, 0.3) is 0 Å². The third-order valence-corrected chi connectivity index (χ3v) is 6.79. The topological polar surface area (TPSA) is 9.23 Å². The molecule has 0 N–H and O–H groups in total. The summed E-state index contributed by atoms with van der Waals surface area (Å²) in [5.41, 5.74) is 1.40. The Labute approximate surface area is 157 Å². The maximum Gasteiger partial charge on any atom is 2.00 e. The van der Waals surface area contributed by atoms with Gasteiger partial charge in [-0.2, -0.15) is 0 Å². The summed E-state index contributed by atoms with van der Waals surface area (Å²) in [6.07, 6.45) is 1.07. The molecule has 0 atom stereocenters. The van der Waals surface area contributed by atoms with Crippen LogP contribution in [0.4, 0.5) is 0 Å². The Kier molecular flexibility index (Phi) is 9.72. The van der Waals surface area contributed by atoms with E-state index in [0.29, 0.717) is 10.3 Å². The van der Waals surface area contributed by atoms with Gasteiger partial charge in [-0.25, -0.2) is 0 Å². The van der Waals surface area contributed by atoms with Gasteiger partial charge in [-0.3, -0.25) is 0 Å². The van der Waals surface area contributed by atoms with Crippen molar-refractivity contribution in [3.05, 3.63) is 23.8 Å². The predicted molar refractivity (Wildman–Crippen MR) is 81.7 cm³/mol. The van der Waals surface area contributed by atoms with Crippen molar-refractivity contribution in [3.63, 3.8) is 0 Å². The second kappa shape index (κ2) is 8.52. The molecule has 0 fully saturated rings. The van der Waals surface area contributed by atoms with Crippen LogP contribution < -0.4 is 34.9 Å². The van der Waals surface area contributed by atoms with Crippen molar-refractivity contribution in [1.29, 1.82) is 0 Å². The van der Waals surface area contributed by atoms with Gasteiger partial charge in [-0.05, 0) is 15.9 Å². The summed E-state index contributed by atoms with van der Waals surface area (Å²) < 4.78 is 5.92. The third-order valence-electron chi connectivity index (χ3n) is 3.28. The SMILES string of the molecule is CC(C)(C)P(c1cccc2c1OCC2)C(C)(C)C.[Cl-].[Cl-].[Pd+2]. The molecule has 1 heterocycles. The van der Waals surface area contributed by atoms with Crippen LogP contribution in [0.5, 0.6) is 5.75 Å². The monoisotopic (exact) mass is 440 g/mol. The van der Waals surface area contributed by atoms with E-state index in [1.165, 1.54) is 16.6 Å². The second-order valence-corrected chi connectivity index (χ2v) is 10.9. The standard InChI is InChI=1S/C16H25OP.2ClH.Pd/c1-15(2,3)18(16(4,5)6)13-9-7-8-12-10-11-17-14(12)13;;;/h7-9H,10-11H2,1-6H3;2*1H;/q;;;+2/p-2. The van der Waals surface area contributed by atoms with Gasteiger partial charge in [-0.1, -0.05) is 67.7 Å². The van der Waals surface area contributed by atoms with Crippen molar-refractivity contribution in [1.82, 2.24) is 0 Å². The van der Waals surface area contributed by atoms with Crippen LogP contribution in [0.25, 0.3) is 0 Å². The Hall–Kier alpha value is 0.692. The van der Waals surface area contributed by atoms with Crippen LogP contribution in [0.3, 0.4) is 0 Å². The molecule has 1 aliphatic heterocycles. The van der Waals surface area contributed by atoms with E-state index in [0.717, 1.165) is 13.0 Å². The molecule has 5 heteroatoms. The van der Waals surface area contributed by atoms with Crippen LogP contribution in [-0.4, -0.2) is 16.9 Å². The van der Waals surface area contributed by atoms with Crippen molar-refractivity contribution >= 4 is 13.2 Å². The zero-order valence-corrected chi connectivity index (χ0v) is 17.5. The first-order valence-corrected chi connectivity index (χ1v) is 8.10. The van der Waals surface area contributed by atoms with Crippen LogP contribution in [-0.2, 0) is 26.8 Å². The van der Waals surface area contributed by atoms with Crippen molar-refractivity contribution in [2.75, 3.05) is 6.61 Å². The molecular weight excluding hydrogens is 416 g/mol. The molecule has 0 radical (unpaired) electrons. The van der Waals surface area contributed by atoms with Crippen LogP contribution in [0.1, 0.15) is 47.1 Å². The number of rotatable bonds is 1. The Morgan fingerprint density at radius 3 is 1.95 bits per heavy atom. The molecule has 1 nitrogen and oxygen atoms in total. The first kappa shape index (κ1) is 24.0. The average molecular weight is 442 g/mol. The molecule has 124 valence electrons. The molecule has 21 heavy (non-hydrogen) atoms. The number of halogens is 2. The summed E-state index contributed by atoms with van der Waals surface area (Å²) in [5, 5.41) is 2.06. The first-order valence-electron chi connectivity index (χ1n) is 6.76. The van der Waals surface area contributed by atoms with Crippen molar-refractivity contribution < 1.29 is 50.0 Å². The maximum absolute atomic E-state index is 5.92. The fourth-order valence-electron chi connectivity index (χ4n) is 3.10. The van der Waals surface area contributed by atoms with Gasteiger partial charge in [-0.15, -0.1) is 0 Å². The van der Waals surface area contributed by atoms with Crippen LogP contribution in [0.2, 0.25) is 0 Å². The van der Waals surface area contributed by atoms with Crippen LogP contribution in [0, 0.1) is 0 Å². The van der Waals surface area contributed by atoms with Gasteiger partial charge < -0.3 is 29.6 Å². The molecule has 0 unspecified atom stereocenters. The molecule has 0 aromatic heterocycles. The van der Waals surface area contributed by atoms with E-state index in [9.17, 15) is 0 Å². The molecule has 0 saturated heterocycles. The first-order chi connectivity index (χ1) is 8.21. The van der Waals surface area contributed by atoms with E-state index in [1.807, 2.05) is 0 Å². The van der Waals surface area contributed by atoms with Crippen molar-refractivity contribution in [2.45, 2.75) is 58.3 Å². The maximum atomic E-state index is 5.92. The van der Waals surface area contributed by atoms with Gasteiger partial charge in [0.15, 0.2) is 0 Å². The average Bonchev–Trinajstić information content (AvgIpc) is 2.61. The van der Waals surface area contributed by atoms with Crippen LogP contribution >= 0.6 is 7.92 Å². The molecule has 1 aromatic rings. The van der Waals surface area contributed by atoms with Gasteiger partial charge in [0.05, 0.1) is 6.61 Å². The van der Waals surface area contributed by atoms with Crippen molar-refractivity contribution in [2.24, 2.45) is 0 Å². The molecule has 0 spiro atoms. The Morgan fingerprint density at radius 2 is 1.48 bits per heavy atom. The Morgan fingerprint density at radius 1 is 0.952 bits per heavy atom. The summed E-state index contributed by atoms with van der Waals surface area (Å²) >= 11 is 0. The van der Waals surface area contributed by atoms with Gasteiger partial charge in [0, 0.05) is 11.7 Å². The largest absolute Gasteiger partial charge is 2.00 e. The number of para-hydroxylation sites is 1. The number of fused-ring (bicyclic) bond motifs is 1. The minimum atomic E-state index is -0.266. The van der Waals surface area contributed by atoms with E-state index in [1.54, 1.807) is 0 Å². The van der Waals surface area contributed by atoms with Gasteiger partial charge in [0.2, 0.25) is 0 Å². The molecule has 2 rings (SSSR count). The number of hydrogen-bond donors (Lipinski definition) is 0. The van der Waals surface area contributed by atoms with Crippen LogP contribution in [0.15, 0.2) is 18.2 Å². The molecule has 0 bridgehead atoms. The molecule has 0 aliphatic carbocycles. The quantitative estimate of drug-likeness (QED) is 0.374. The summed E-state index contributed by atoms with van der Waals surface area (Å²) in [6.45, 7) is 15.0. The van der Waals surface area contributed by atoms with E-state index in [4.69, 9.17) is 4.74 Å². The molecule has 0 saturated carbocycles. The van der Waals surface area contributed by atoms with E-state index >= 15 is 0 Å². The summed E-state index contributed by atoms with van der Waals surface area (Å²) in [6, 6.07) is 6.70. The fourth-order valence-corrected chi connectivity index (χ4v) is 7.21. The molecule has 1 aromatic carbocycles. The summed E-state index contributed by atoms with van der Waals surface area (Å²) in [4.78, 5) is 0. The normalized spacial score (nSPS) is 13.5. The van der Waals surface area contributed by atoms with E-state index < -0.39 is 0 Å². The minimum absolute atomic E-state index is 0. The number of benzene rings is 1. The van der Waals surface area contributed by atoms with E-state index in [2.05, 4.69) is 59.7 Å². The summed E-state index contributed by atoms with van der Waals surface area (Å²) in [5.74, 6) is 1.19. The number of hydrogen-bond acceptors (Lipinski definition) is 1. The fraction of sp³-hybridized carbons (Fsp3) is 0.625. The molecule has 1 aliphatic rings. The minimum Gasteiger partial charge on any atom is -1.00 e.